The van der Waals surface area contributed by atoms with Crippen molar-refractivity contribution in [1.82, 2.24) is 5.01 Å². The lowest BCUT2D eigenvalue weighted by Gasteiger charge is -2.20. The minimum atomic E-state index is -1.18. The van der Waals surface area contributed by atoms with E-state index in [0.717, 1.165) is 40.1 Å². The van der Waals surface area contributed by atoms with E-state index in [9.17, 15) is 23.2 Å². The van der Waals surface area contributed by atoms with Crippen LogP contribution in [0.4, 0.5) is 20.2 Å². The molecule has 0 aliphatic carbocycles. The number of amides is 3. The fourth-order valence-corrected chi connectivity index (χ4v) is 3.40. The highest BCUT2D eigenvalue weighted by Crippen LogP contribution is 2.32. The molecule has 2 aliphatic heterocycles. The molecule has 3 amide bonds. The largest absolute Gasteiger partial charge is 0.324 e. The summed E-state index contributed by atoms with van der Waals surface area (Å²) in [7, 11) is 0. The molecule has 2 aromatic carbocycles. The van der Waals surface area contributed by atoms with Gasteiger partial charge in [0, 0.05) is 11.8 Å². The molecule has 0 radical (unpaired) electrons. The quantitative estimate of drug-likeness (QED) is 0.762. The molecule has 154 valence electrons. The highest BCUT2D eigenvalue weighted by atomic mass is 19.2. The van der Waals surface area contributed by atoms with Crippen LogP contribution in [-0.2, 0) is 20.8 Å². The molecule has 1 fully saturated rings. The number of rotatable bonds is 5. The second kappa shape index (κ2) is 7.62. The van der Waals surface area contributed by atoms with E-state index in [-0.39, 0.29) is 12.2 Å². The third-order valence-electron chi connectivity index (χ3n) is 4.97. The van der Waals surface area contributed by atoms with Crippen molar-refractivity contribution in [2.24, 2.45) is 10.3 Å². The van der Waals surface area contributed by atoms with Crippen LogP contribution in [0.1, 0.15) is 12.5 Å². The van der Waals surface area contributed by atoms with Gasteiger partial charge < -0.3 is 5.32 Å². The highest BCUT2D eigenvalue weighted by Gasteiger charge is 2.55. The van der Waals surface area contributed by atoms with Crippen molar-refractivity contribution in [3.8, 4) is 0 Å². The Morgan fingerprint density at radius 2 is 1.80 bits per heavy atom. The number of anilines is 2. The van der Waals surface area contributed by atoms with Crippen molar-refractivity contribution in [1.29, 1.82) is 0 Å². The molecule has 0 spiro atoms. The van der Waals surface area contributed by atoms with Gasteiger partial charge in [0.05, 0.1) is 5.69 Å². The minimum absolute atomic E-state index is 0.103. The second-order valence-corrected chi connectivity index (χ2v) is 6.90. The maximum absolute atomic E-state index is 13.6. The molecule has 1 N–H and O–H groups in total. The number of fused-ring (bicyclic) bond motifs is 1. The van der Waals surface area contributed by atoms with Gasteiger partial charge in [-0.15, -0.1) is 0 Å². The fraction of sp³-hybridized carbons (Fsp3) is 0.250. The number of carbonyl (C=O) groups excluding carboxylic acids is 3. The average Bonchev–Trinajstić information content (AvgIpc) is 3.24. The molecule has 0 unspecified atom stereocenters. The number of hydrogen-bond acceptors (Lipinski definition) is 6. The third kappa shape index (κ3) is 3.40. The maximum Gasteiger partial charge on any atom is 0.263 e. The van der Waals surface area contributed by atoms with Crippen LogP contribution in [0.2, 0.25) is 0 Å². The van der Waals surface area contributed by atoms with Crippen molar-refractivity contribution >= 4 is 29.1 Å². The molecule has 0 saturated carbocycles. The van der Waals surface area contributed by atoms with Gasteiger partial charge in [0.15, 0.2) is 23.7 Å². The zero-order valence-electron chi connectivity index (χ0n) is 15.9. The Bertz CT molecular complexity index is 1060. The third-order valence-corrected chi connectivity index (χ3v) is 4.97. The summed E-state index contributed by atoms with van der Waals surface area (Å²) in [4.78, 5) is 38.5. The summed E-state index contributed by atoms with van der Waals surface area (Å²) in [5.41, 5.74) is 1.60. The Hall–Kier alpha value is -3.69. The van der Waals surface area contributed by atoms with E-state index in [0.29, 0.717) is 5.69 Å². The van der Waals surface area contributed by atoms with Gasteiger partial charge in [0.25, 0.3) is 11.8 Å². The van der Waals surface area contributed by atoms with E-state index >= 15 is 0 Å². The van der Waals surface area contributed by atoms with Crippen LogP contribution in [0.3, 0.4) is 0 Å². The van der Waals surface area contributed by atoms with Gasteiger partial charge in [-0.05, 0) is 36.2 Å². The van der Waals surface area contributed by atoms with Crippen molar-refractivity contribution in [2.45, 2.75) is 25.4 Å². The summed E-state index contributed by atoms with van der Waals surface area (Å²) < 4.78 is 26.7. The van der Waals surface area contributed by atoms with Crippen molar-refractivity contribution < 1.29 is 23.2 Å². The SMILES string of the molecule is CCc1ccc(NC(=O)CN2N=N[C@@H]3C(=O)N(c4ccc(F)c(F)c4)C(=O)[C@H]32)cc1. The van der Waals surface area contributed by atoms with Crippen LogP contribution < -0.4 is 10.2 Å². The molecule has 8 nitrogen and oxygen atoms in total. The molecule has 30 heavy (non-hydrogen) atoms. The summed E-state index contributed by atoms with van der Waals surface area (Å²) in [6.45, 7) is 1.72. The van der Waals surface area contributed by atoms with Gasteiger partial charge in [0.1, 0.15) is 6.54 Å². The van der Waals surface area contributed by atoms with Gasteiger partial charge >= 0.3 is 0 Å². The zero-order chi connectivity index (χ0) is 21.4. The molecule has 2 aromatic rings. The van der Waals surface area contributed by atoms with Gasteiger partial charge in [-0.25, -0.2) is 13.7 Å². The van der Waals surface area contributed by atoms with Crippen LogP contribution in [0.15, 0.2) is 52.8 Å². The lowest BCUT2D eigenvalue weighted by molar-refractivity contribution is -0.123. The molecule has 2 atom stereocenters. The fourth-order valence-electron chi connectivity index (χ4n) is 3.40. The molecule has 2 heterocycles. The number of nitrogens with zero attached hydrogens (tertiary/aromatic N) is 4. The summed E-state index contributed by atoms with van der Waals surface area (Å²) in [5.74, 6) is -4.13. The molecule has 10 heteroatoms. The van der Waals surface area contributed by atoms with Gasteiger partial charge in [0.2, 0.25) is 5.91 Å². The number of carbonyl (C=O) groups is 3. The molecule has 2 aliphatic rings. The van der Waals surface area contributed by atoms with E-state index in [4.69, 9.17) is 0 Å². The Morgan fingerprint density at radius 1 is 1.07 bits per heavy atom. The topological polar surface area (TPSA) is 94.4 Å². The first kappa shape index (κ1) is 19.6. The first-order valence-corrected chi connectivity index (χ1v) is 9.28. The van der Waals surface area contributed by atoms with Gasteiger partial charge in [-0.3, -0.25) is 19.4 Å². The predicted molar refractivity (Wildman–Crippen MR) is 102 cm³/mol. The number of halogens is 2. The number of benzene rings is 2. The van der Waals surface area contributed by atoms with E-state index in [2.05, 4.69) is 15.7 Å². The zero-order valence-corrected chi connectivity index (χ0v) is 15.9. The Kier molecular flexibility index (Phi) is 4.98. The second-order valence-electron chi connectivity index (χ2n) is 6.90. The number of nitrogens with one attached hydrogen (secondary N) is 1. The smallest absolute Gasteiger partial charge is 0.263 e. The predicted octanol–water partition coefficient (Wildman–Crippen LogP) is 2.46. The van der Waals surface area contributed by atoms with Crippen LogP contribution in [-0.4, -0.2) is 41.4 Å². The summed E-state index contributed by atoms with van der Waals surface area (Å²) >= 11 is 0. The number of imide groups is 1. The minimum Gasteiger partial charge on any atom is -0.324 e. The number of aryl methyl sites for hydroxylation is 1. The first-order valence-electron chi connectivity index (χ1n) is 9.28. The summed E-state index contributed by atoms with van der Waals surface area (Å²) in [6.07, 6.45) is 0.871. The van der Waals surface area contributed by atoms with Crippen LogP contribution in [0.25, 0.3) is 0 Å². The molecule has 1 saturated heterocycles. The Labute approximate surface area is 170 Å². The normalized spacial score (nSPS) is 20.1. The van der Waals surface area contributed by atoms with Crippen LogP contribution in [0.5, 0.6) is 0 Å². The van der Waals surface area contributed by atoms with Crippen LogP contribution in [0, 0.1) is 11.6 Å². The molecule has 4 rings (SSSR count). The van der Waals surface area contributed by atoms with Gasteiger partial charge in [-0.2, -0.15) is 5.11 Å². The Morgan fingerprint density at radius 3 is 2.47 bits per heavy atom. The Balaban J connectivity index is 1.47. The van der Waals surface area contributed by atoms with Crippen molar-refractivity contribution in [3.63, 3.8) is 0 Å². The lowest BCUT2D eigenvalue weighted by atomic mass is 10.1. The molecular weight excluding hydrogens is 396 g/mol. The van der Waals surface area contributed by atoms with Crippen molar-refractivity contribution in [2.75, 3.05) is 16.8 Å². The van der Waals surface area contributed by atoms with Crippen molar-refractivity contribution in [3.05, 3.63) is 59.7 Å². The standard InChI is InChI=1S/C20H17F2N5O3/c1-2-11-3-5-12(6-4-11)23-16(28)10-26-18-17(24-25-26)19(29)27(20(18)30)13-7-8-14(21)15(22)9-13/h3-9,17-18H,2,10H2,1H3,(H,23,28)/t17-,18-/m0/s1. The average molecular weight is 413 g/mol. The maximum atomic E-state index is 13.6. The summed E-state index contributed by atoms with van der Waals surface area (Å²) in [6, 6.07) is 7.78. The highest BCUT2D eigenvalue weighted by molar-refractivity contribution is 6.25. The molecule has 0 bridgehead atoms. The summed E-state index contributed by atoms with van der Waals surface area (Å²) in [5, 5.41) is 11.4. The van der Waals surface area contributed by atoms with E-state index in [1.165, 1.54) is 0 Å². The molecular formula is C20H17F2N5O3. The van der Waals surface area contributed by atoms with E-state index in [1.54, 1.807) is 12.1 Å². The van der Waals surface area contributed by atoms with Crippen LogP contribution >= 0.6 is 0 Å². The lowest BCUT2D eigenvalue weighted by Crippen LogP contribution is -2.43. The van der Waals surface area contributed by atoms with E-state index in [1.807, 2.05) is 19.1 Å². The number of hydrogen-bond donors (Lipinski definition) is 1. The monoisotopic (exact) mass is 413 g/mol. The molecule has 0 aromatic heterocycles. The first-order chi connectivity index (χ1) is 14.4. The van der Waals surface area contributed by atoms with E-state index < -0.39 is 41.4 Å². The van der Waals surface area contributed by atoms with Gasteiger partial charge in [-0.1, -0.05) is 24.3 Å².